The maximum absolute atomic E-state index is 5.91. The van der Waals surface area contributed by atoms with Crippen molar-refractivity contribution in [2.45, 2.75) is 6.61 Å². The van der Waals surface area contributed by atoms with Crippen molar-refractivity contribution in [2.75, 3.05) is 12.8 Å². The molecule has 2 aromatic rings. The Morgan fingerprint density at radius 2 is 1.94 bits per heavy atom. The minimum atomic E-state index is 0.205. The Hall–Kier alpha value is -2.01. The first kappa shape index (κ1) is 12.4. The molecule has 1 heterocycles. The fraction of sp³-hybridized carbons (Fsp3) is 0.167. The van der Waals surface area contributed by atoms with Crippen LogP contribution in [-0.2, 0) is 6.61 Å². The number of methoxy groups -OCH3 is 1. The molecule has 0 spiro atoms. The van der Waals surface area contributed by atoms with E-state index in [0.717, 1.165) is 11.3 Å². The summed E-state index contributed by atoms with van der Waals surface area (Å²) in [6.45, 7) is 0.347. The maximum Gasteiger partial charge on any atom is 0.238 e. The molecule has 0 amide bonds. The number of nitrogen functional groups attached to an aromatic ring is 1. The third-order valence-electron chi connectivity index (χ3n) is 2.32. The highest BCUT2D eigenvalue weighted by Gasteiger charge is 2.07. The molecule has 0 aliphatic rings. The minimum Gasteiger partial charge on any atom is -0.497 e. The first-order chi connectivity index (χ1) is 8.70. The standard InChI is InChI=1S/C12H12ClN3O2/c1-17-9-4-2-8(3-5-9)6-18-12-10(13)11(14)15-7-16-12/h2-5,7H,6H2,1H3,(H2,14,15,16). The Kier molecular flexibility index (Phi) is 3.84. The number of hydrogen-bond donors (Lipinski definition) is 1. The summed E-state index contributed by atoms with van der Waals surface area (Å²) in [5.41, 5.74) is 6.52. The van der Waals surface area contributed by atoms with Crippen LogP contribution in [-0.4, -0.2) is 17.1 Å². The zero-order chi connectivity index (χ0) is 13.0. The second-order valence-corrected chi connectivity index (χ2v) is 3.89. The zero-order valence-corrected chi connectivity index (χ0v) is 10.5. The molecule has 1 aromatic carbocycles. The van der Waals surface area contributed by atoms with Gasteiger partial charge in [-0.05, 0) is 17.7 Å². The van der Waals surface area contributed by atoms with Gasteiger partial charge in [-0.2, -0.15) is 0 Å². The van der Waals surface area contributed by atoms with Crippen LogP contribution in [0.4, 0.5) is 5.82 Å². The summed E-state index contributed by atoms with van der Waals surface area (Å²) in [5, 5.41) is 0.228. The lowest BCUT2D eigenvalue weighted by Crippen LogP contribution is -2.01. The number of rotatable bonds is 4. The second-order valence-electron chi connectivity index (χ2n) is 3.51. The van der Waals surface area contributed by atoms with Gasteiger partial charge in [0.05, 0.1) is 7.11 Å². The predicted octanol–water partition coefficient (Wildman–Crippen LogP) is 2.30. The molecule has 0 aliphatic heterocycles. The molecule has 0 atom stereocenters. The van der Waals surface area contributed by atoms with Crippen molar-refractivity contribution < 1.29 is 9.47 Å². The molecular formula is C12H12ClN3O2. The van der Waals surface area contributed by atoms with E-state index in [2.05, 4.69) is 9.97 Å². The van der Waals surface area contributed by atoms with E-state index in [1.54, 1.807) is 7.11 Å². The van der Waals surface area contributed by atoms with Crippen molar-refractivity contribution >= 4 is 17.4 Å². The average Bonchev–Trinajstić information content (AvgIpc) is 2.41. The largest absolute Gasteiger partial charge is 0.497 e. The second kappa shape index (κ2) is 5.55. The van der Waals surface area contributed by atoms with Crippen LogP contribution >= 0.6 is 11.6 Å². The lowest BCUT2D eigenvalue weighted by atomic mass is 10.2. The molecule has 94 valence electrons. The number of ether oxygens (including phenoxy) is 2. The maximum atomic E-state index is 5.91. The van der Waals surface area contributed by atoms with Crippen LogP contribution in [0.3, 0.4) is 0 Å². The highest BCUT2D eigenvalue weighted by atomic mass is 35.5. The molecule has 0 radical (unpaired) electrons. The topological polar surface area (TPSA) is 70.3 Å². The summed E-state index contributed by atoms with van der Waals surface area (Å²) in [5.74, 6) is 1.28. The van der Waals surface area contributed by atoms with Crippen LogP contribution in [0.1, 0.15) is 5.56 Å². The van der Waals surface area contributed by atoms with Crippen molar-refractivity contribution in [1.29, 1.82) is 0 Å². The Bertz CT molecular complexity index is 531. The molecule has 1 aromatic heterocycles. The number of aromatic nitrogens is 2. The lowest BCUT2D eigenvalue weighted by Gasteiger charge is -2.08. The highest BCUT2D eigenvalue weighted by molar-refractivity contribution is 6.33. The normalized spacial score (nSPS) is 10.1. The van der Waals surface area contributed by atoms with Gasteiger partial charge in [-0.1, -0.05) is 23.7 Å². The van der Waals surface area contributed by atoms with Gasteiger partial charge in [0.1, 0.15) is 29.5 Å². The molecule has 2 N–H and O–H groups in total. The van der Waals surface area contributed by atoms with E-state index >= 15 is 0 Å². The van der Waals surface area contributed by atoms with Crippen LogP contribution in [0, 0.1) is 0 Å². The molecule has 18 heavy (non-hydrogen) atoms. The Labute approximate surface area is 110 Å². The van der Waals surface area contributed by atoms with E-state index in [9.17, 15) is 0 Å². The fourth-order valence-electron chi connectivity index (χ4n) is 1.34. The van der Waals surface area contributed by atoms with Crippen LogP contribution in [0.25, 0.3) is 0 Å². The van der Waals surface area contributed by atoms with Gasteiger partial charge >= 0.3 is 0 Å². The number of nitrogens with two attached hydrogens (primary N) is 1. The van der Waals surface area contributed by atoms with E-state index in [0.29, 0.717) is 6.61 Å². The first-order valence-corrected chi connectivity index (χ1v) is 5.60. The summed E-state index contributed by atoms with van der Waals surface area (Å²) in [6, 6.07) is 7.51. The van der Waals surface area contributed by atoms with E-state index in [1.807, 2.05) is 24.3 Å². The van der Waals surface area contributed by atoms with Crippen LogP contribution < -0.4 is 15.2 Å². The van der Waals surface area contributed by atoms with Crippen molar-refractivity contribution in [3.63, 3.8) is 0 Å². The summed E-state index contributed by atoms with van der Waals surface area (Å²) < 4.78 is 10.5. The third kappa shape index (κ3) is 2.81. The van der Waals surface area contributed by atoms with Crippen LogP contribution in [0.2, 0.25) is 5.02 Å². The summed E-state index contributed by atoms with van der Waals surface area (Å²) >= 11 is 5.91. The Morgan fingerprint density at radius 1 is 1.22 bits per heavy atom. The quantitative estimate of drug-likeness (QED) is 0.918. The molecule has 5 nitrogen and oxygen atoms in total. The smallest absolute Gasteiger partial charge is 0.238 e. The van der Waals surface area contributed by atoms with Gasteiger partial charge in [-0.15, -0.1) is 0 Å². The third-order valence-corrected chi connectivity index (χ3v) is 2.67. The van der Waals surface area contributed by atoms with Gasteiger partial charge in [0, 0.05) is 0 Å². The van der Waals surface area contributed by atoms with E-state index in [-0.39, 0.29) is 16.7 Å². The number of hydrogen-bond acceptors (Lipinski definition) is 5. The van der Waals surface area contributed by atoms with E-state index in [1.165, 1.54) is 6.33 Å². The molecule has 0 aliphatic carbocycles. The van der Waals surface area contributed by atoms with Gasteiger partial charge < -0.3 is 15.2 Å². The molecule has 0 saturated heterocycles. The molecule has 6 heteroatoms. The van der Waals surface area contributed by atoms with Gasteiger partial charge in [0.25, 0.3) is 0 Å². The SMILES string of the molecule is COc1ccc(COc2ncnc(N)c2Cl)cc1. The Balaban J connectivity index is 2.04. The van der Waals surface area contributed by atoms with Crippen molar-refractivity contribution in [3.8, 4) is 11.6 Å². The van der Waals surface area contributed by atoms with Crippen LogP contribution in [0.5, 0.6) is 11.6 Å². The number of benzene rings is 1. The van der Waals surface area contributed by atoms with Crippen molar-refractivity contribution in [3.05, 3.63) is 41.2 Å². The number of nitrogens with zero attached hydrogens (tertiary/aromatic N) is 2. The Morgan fingerprint density at radius 3 is 2.61 bits per heavy atom. The van der Waals surface area contributed by atoms with E-state index < -0.39 is 0 Å². The van der Waals surface area contributed by atoms with E-state index in [4.69, 9.17) is 26.8 Å². The molecule has 0 unspecified atom stereocenters. The first-order valence-electron chi connectivity index (χ1n) is 5.22. The lowest BCUT2D eigenvalue weighted by molar-refractivity contribution is 0.293. The highest BCUT2D eigenvalue weighted by Crippen LogP contribution is 2.26. The van der Waals surface area contributed by atoms with Crippen molar-refractivity contribution in [2.24, 2.45) is 0 Å². The molecular weight excluding hydrogens is 254 g/mol. The van der Waals surface area contributed by atoms with Crippen molar-refractivity contribution in [1.82, 2.24) is 9.97 Å². The fourth-order valence-corrected chi connectivity index (χ4v) is 1.49. The van der Waals surface area contributed by atoms with Gasteiger partial charge in [-0.25, -0.2) is 9.97 Å². The van der Waals surface area contributed by atoms with Gasteiger partial charge in [0.15, 0.2) is 0 Å². The molecule has 0 saturated carbocycles. The van der Waals surface area contributed by atoms with Crippen LogP contribution in [0.15, 0.2) is 30.6 Å². The summed E-state index contributed by atoms with van der Waals surface area (Å²) in [4.78, 5) is 7.67. The van der Waals surface area contributed by atoms with Gasteiger partial charge in [0.2, 0.25) is 5.88 Å². The monoisotopic (exact) mass is 265 g/mol. The molecule has 0 fully saturated rings. The molecule has 2 rings (SSSR count). The number of halogens is 1. The van der Waals surface area contributed by atoms with Gasteiger partial charge in [-0.3, -0.25) is 0 Å². The summed E-state index contributed by atoms with van der Waals surface area (Å²) in [7, 11) is 1.62. The number of anilines is 1. The summed E-state index contributed by atoms with van der Waals surface area (Å²) in [6.07, 6.45) is 1.31. The minimum absolute atomic E-state index is 0.205. The average molecular weight is 266 g/mol. The predicted molar refractivity (Wildman–Crippen MR) is 68.8 cm³/mol. The molecule has 0 bridgehead atoms. The zero-order valence-electron chi connectivity index (χ0n) is 9.76.